The zero-order valence-electron chi connectivity index (χ0n) is 23.9. The Bertz CT molecular complexity index is 1640. The number of fused-ring (bicyclic) bond motifs is 1. The molecule has 0 radical (unpaired) electrons. The molecular weight excluding hydrogens is 557 g/mol. The largest absolute Gasteiger partial charge is 0.478 e. The molecule has 5 rings (SSSR count). The van der Waals surface area contributed by atoms with Crippen LogP contribution in [0, 0.1) is 0 Å². The number of anilines is 2. The first-order valence-corrected chi connectivity index (χ1v) is 13.7. The van der Waals surface area contributed by atoms with E-state index in [-0.39, 0.29) is 16.9 Å². The molecule has 4 aromatic carbocycles. The molecule has 1 heterocycles. The Kier molecular flexibility index (Phi) is 10.4. The Hall–Kier alpha value is -4.83. The maximum atomic E-state index is 12.6. The van der Waals surface area contributed by atoms with E-state index in [0.29, 0.717) is 6.61 Å². The Morgan fingerprint density at radius 1 is 0.930 bits per heavy atom. The molecule has 5 aromatic rings. The highest BCUT2D eigenvalue weighted by Crippen LogP contribution is 2.32. The molecule has 0 aliphatic carbocycles. The molecule has 0 unspecified atom stereocenters. The standard InChI is InChI=1S/C19H23N3O.C14H10F3NO2/c1-21(2)13-8-14-23-19-17-11-6-7-12-18(17)22(20-19)15-16-9-4-3-5-10-16;15-14(16,17)9-4-3-5-10(8-9)18-12-7-2-1-6-11(12)13(19)20/h3-7,9-12H,8,13-15H2,1-2H3;1-8,18H,(H,19,20). The van der Waals surface area contributed by atoms with Crippen LogP contribution in [-0.4, -0.2) is 53.0 Å². The van der Waals surface area contributed by atoms with Crippen molar-refractivity contribution in [1.82, 2.24) is 14.7 Å². The predicted octanol–water partition coefficient (Wildman–Crippen LogP) is 7.56. The van der Waals surface area contributed by atoms with E-state index in [1.54, 1.807) is 12.1 Å². The molecule has 0 saturated heterocycles. The van der Waals surface area contributed by atoms with Gasteiger partial charge in [0.25, 0.3) is 0 Å². The number of ether oxygens (including phenoxy) is 1. The van der Waals surface area contributed by atoms with E-state index in [4.69, 9.17) is 9.84 Å². The van der Waals surface area contributed by atoms with Crippen molar-refractivity contribution in [1.29, 1.82) is 0 Å². The van der Waals surface area contributed by atoms with Crippen molar-refractivity contribution in [3.05, 3.63) is 120 Å². The van der Waals surface area contributed by atoms with E-state index in [0.717, 1.165) is 48.4 Å². The fourth-order valence-electron chi connectivity index (χ4n) is 4.34. The van der Waals surface area contributed by atoms with E-state index < -0.39 is 17.7 Å². The van der Waals surface area contributed by atoms with Crippen molar-refractivity contribution in [2.24, 2.45) is 0 Å². The third-order valence-corrected chi connectivity index (χ3v) is 6.41. The van der Waals surface area contributed by atoms with Gasteiger partial charge in [-0.05, 0) is 68.5 Å². The highest BCUT2D eigenvalue weighted by Gasteiger charge is 2.30. The van der Waals surface area contributed by atoms with Gasteiger partial charge in [-0.3, -0.25) is 4.68 Å². The molecule has 0 spiro atoms. The first-order valence-electron chi connectivity index (χ1n) is 13.7. The highest BCUT2D eigenvalue weighted by molar-refractivity contribution is 5.95. The number of carboxylic acids is 1. The maximum absolute atomic E-state index is 12.6. The van der Waals surface area contributed by atoms with Crippen LogP contribution in [0.1, 0.15) is 27.9 Å². The maximum Gasteiger partial charge on any atom is 0.416 e. The molecule has 2 N–H and O–H groups in total. The summed E-state index contributed by atoms with van der Waals surface area (Å²) in [5, 5.41) is 17.5. The number of hydrogen-bond donors (Lipinski definition) is 2. The van der Waals surface area contributed by atoms with Crippen LogP contribution in [0.5, 0.6) is 5.88 Å². The molecular formula is C33H33F3N4O3. The van der Waals surface area contributed by atoms with Crippen molar-refractivity contribution >= 4 is 28.2 Å². The van der Waals surface area contributed by atoms with E-state index in [2.05, 4.69) is 65.8 Å². The van der Waals surface area contributed by atoms with Gasteiger partial charge in [-0.2, -0.15) is 13.2 Å². The number of aromatic nitrogens is 2. The number of carbonyl (C=O) groups is 1. The molecule has 0 aliphatic rings. The molecule has 10 heteroatoms. The van der Waals surface area contributed by atoms with Gasteiger partial charge in [-0.1, -0.05) is 60.7 Å². The summed E-state index contributed by atoms with van der Waals surface area (Å²) in [6.45, 7) is 2.45. The second kappa shape index (κ2) is 14.4. The monoisotopic (exact) mass is 590 g/mol. The van der Waals surface area contributed by atoms with E-state index in [1.807, 2.05) is 22.9 Å². The van der Waals surface area contributed by atoms with Crippen molar-refractivity contribution in [3.63, 3.8) is 0 Å². The predicted molar refractivity (Wildman–Crippen MR) is 162 cm³/mol. The molecule has 224 valence electrons. The lowest BCUT2D eigenvalue weighted by molar-refractivity contribution is -0.137. The number of benzene rings is 4. The Morgan fingerprint density at radius 3 is 2.35 bits per heavy atom. The highest BCUT2D eigenvalue weighted by atomic mass is 19.4. The number of alkyl halides is 3. The fourth-order valence-corrected chi connectivity index (χ4v) is 4.34. The topological polar surface area (TPSA) is 79.6 Å². The number of nitrogens with one attached hydrogen (secondary N) is 1. The number of halogens is 3. The minimum absolute atomic E-state index is 0.00934. The van der Waals surface area contributed by atoms with Crippen LogP contribution in [0.15, 0.2) is 103 Å². The van der Waals surface area contributed by atoms with Crippen molar-refractivity contribution in [2.75, 3.05) is 32.6 Å². The molecule has 7 nitrogen and oxygen atoms in total. The van der Waals surface area contributed by atoms with Gasteiger partial charge in [0.15, 0.2) is 0 Å². The van der Waals surface area contributed by atoms with Crippen LogP contribution in [0.25, 0.3) is 10.9 Å². The fraction of sp³-hybridized carbons (Fsp3) is 0.212. The molecule has 0 aliphatic heterocycles. The third-order valence-electron chi connectivity index (χ3n) is 6.41. The summed E-state index contributed by atoms with van der Waals surface area (Å²) in [6.07, 6.45) is -3.45. The Labute approximate surface area is 248 Å². The summed E-state index contributed by atoms with van der Waals surface area (Å²) in [7, 11) is 4.15. The smallest absolute Gasteiger partial charge is 0.416 e. The lowest BCUT2D eigenvalue weighted by atomic mass is 10.1. The van der Waals surface area contributed by atoms with Crippen LogP contribution in [0.3, 0.4) is 0 Å². The van der Waals surface area contributed by atoms with Gasteiger partial charge in [0, 0.05) is 12.2 Å². The van der Waals surface area contributed by atoms with Crippen LogP contribution >= 0.6 is 0 Å². The van der Waals surface area contributed by atoms with Gasteiger partial charge >= 0.3 is 12.1 Å². The molecule has 1 aromatic heterocycles. The van der Waals surface area contributed by atoms with Crippen LogP contribution < -0.4 is 10.1 Å². The second-order valence-electron chi connectivity index (χ2n) is 10.0. The number of nitrogens with zero attached hydrogens (tertiary/aromatic N) is 3. The van der Waals surface area contributed by atoms with Crippen molar-refractivity contribution in [2.45, 2.75) is 19.1 Å². The van der Waals surface area contributed by atoms with Gasteiger partial charge in [0.05, 0.1) is 40.9 Å². The van der Waals surface area contributed by atoms with Crippen LogP contribution in [-0.2, 0) is 12.7 Å². The average molecular weight is 591 g/mol. The van der Waals surface area contributed by atoms with Gasteiger partial charge in [-0.15, -0.1) is 5.10 Å². The molecule has 43 heavy (non-hydrogen) atoms. The zero-order valence-corrected chi connectivity index (χ0v) is 23.9. The first kappa shape index (κ1) is 31.1. The minimum atomic E-state index is -4.44. The summed E-state index contributed by atoms with van der Waals surface area (Å²) in [5.74, 6) is -0.421. The molecule has 0 amide bonds. The Morgan fingerprint density at radius 2 is 1.63 bits per heavy atom. The van der Waals surface area contributed by atoms with Gasteiger partial charge in [0.1, 0.15) is 0 Å². The van der Waals surface area contributed by atoms with Crippen LogP contribution in [0.2, 0.25) is 0 Å². The molecule has 0 saturated carbocycles. The average Bonchev–Trinajstić information content (AvgIpc) is 3.33. The van der Waals surface area contributed by atoms with Gasteiger partial charge < -0.3 is 20.1 Å². The van der Waals surface area contributed by atoms with Crippen LogP contribution in [0.4, 0.5) is 24.5 Å². The number of carboxylic acid groups (broad SMARTS) is 1. The molecule has 0 atom stereocenters. The lowest BCUT2D eigenvalue weighted by Crippen LogP contribution is -2.15. The minimum Gasteiger partial charge on any atom is -0.478 e. The van der Waals surface area contributed by atoms with Gasteiger partial charge in [0.2, 0.25) is 5.88 Å². The SMILES string of the molecule is CN(C)CCCOc1nn(Cc2ccccc2)c2ccccc12.O=C(O)c1ccccc1Nc1cccc(C(F)(F)F)c1. The quantitative estimate of drug-likeness (QED) is 0.164. The summed E-state index contributed by atoms with van der Waals surface area (Å²) < 4.78 is 45.7. The number of hydrogen-bond acceptors (Lipinski definition) is 5. The molecule has 0 bridgehead atoms. The first-order chi connectivity index (χ1) is 20.6. The second-order valence-corrected chi connectivity index (χ2v) is 10.0. The van der Waals surface area contributed by atoms with E-state index in [9.17, 15) is 18.0 Å². The number of para-hydroxylation sites is 2. The number of aromatic carboxylic acids is 1. The summed E-state index contributed by atoms with van der Waals surface area (Å²) in [6, 6.07) is 29.2. The van der Waals surface area contributed by atoms with Crippen molar-refractivity contribution < 1.29 is 27.8 Å². The zero-order chi connectivity index (χ0) is 30.8. The summed E-state index contributed by atoms with van der Waals surface area (Å²) in [4.78, 5) is 13.2. The summed E-state index contributed by atoms with van der Waals surface area (Å²) in [5.41, 5.74) is 1.95. The lowest BCUT2D eigenvalue weighted by Gasteiger charge is -2.12. The normalized spacial score (nSPS) is 11.2. The van der Waals surface area contributed by atoms with Crippen molar-refractivity contribution in [3.8, 4) is 5.88 Å². The third kappa shape index (κ3) is 8.83. The molecule has 0 fully saturated rings. The van der Waals surface area contributed by atoms with E-state index >= 15 is 0 Å². The van der Waals surface area contributed by atoms with Gasteiger partial charge in [-0.25, -0.2) is 4.79 Å². The van der Waals surface area contributed by atoms with E-state index in [1.165, 1.54) is 29.8 Å². The Balaban J connectivity index is 0.000000199. The number of rotatable bonds is 10. The summed E-state index contributed by atoms with van der Waals surface area (Å²) >= 11 is 0.